The zero-order valence-electron chi connectivity index (χ0n) is 15.9. The van der Waals surface area contributed by atoms with Gasteiger partial charge in [0, 0.05) is 21.7 Å². The Balaban J connectivity index is 1.41. The molecule has 31 heavy (non-hydrogen) atoms. The first-order chi connectivity index (χ1) is 15.1. The number of nitrogens with zero attached hydrogens (tertiary/aromatic N) is 1. The van der Waals surface area contributed by atoms with E-state index in [9.17, 15) is 4.79 Å². The van der Waals surface area contributed by atoms with Gasteiger partial charge in [-0.25, -0.2) is 4.98 Å². The van der Waals surface area contributed by atoms with E-state index in [2.05, 4.69) is 15.6 Å². The second-order valence-corrected chi connectivity index (χ2v) is 8.49. The topological polar surface area (TPSA) is 67.2 Å². The van der Waals surface area contributed by atoms with Gasteiger partial charge in [-0.1, -0.05) is 41.9 Å². The summed E-state index contributed by atoms with van der Waals surface area (Å²) in [5.41, 5.74) is 2.88. The Kier molecular flexibility index (Phi) is 5.15. The van der Waals surface area contributed by atoms with Crippen molar-refractivity contribution in [2.75, 3.05) is 5.32 Å². The van der Waals surface area contributed by atoms with Crippen molar-refractivity contribution in [3.8, 4) is 11.5 Å². The van der Waals surface area contributed by atoms with Crippen LogP contribution in [0.15, 0.2) is 76.5 Å². The van der Waals surface area contributed by atoms with Crippen molar-refractivity contribution in [1.29, 1.82) is 0 Å². The summed E-state index contributed by atoms with van der Waals surface area (Å²) < 4.78 is 5.99. The molecule has 5 nitrogen and oxygen atoms in total. The Morgan fingerprint density at radius 3 is 2.71 bits per heavy atom. The quantitative estimate of drug-likeness (QED) is 0.299. The summed E-state index contributed by atoms with van der Waals surface area (Å²) in [5, 5.41) is 10.3. The van der Waals surface area contributed by atoms with Crippen molar-refractivity contribution >= 4 is 73.7 Å². The van der Waals surface area contributed by atoms with Gasteiger partial charge in [0.1, 0.15) is 5.52 Å². The lowest BCUT2D eigenvalue weighted by Crippen LogP contribution is -2.33. The van der Waals surface area contributed by atoms with Crippen molar-refractivity contribution in [2.45, 2.75) is 0 Å². The molecule has 1 amide bonds. The van der Waals surface area contributed by atoms with Crippen LogP contribution in [0, 0.1) is 0 Å². The standard InChI is InChI=1S/C23H14ClN3O2S2/c24-17-7-2-4-14-15(17)5-1-6-16(14)22-26-18-12-13(9-10-19(18)29-22)25-23(30)27-21(28)20-8-3-11-31-20/h1-12H,(H2,25,27,28,30). The average molecular weight is 464 g/mol. The first kappa shape index (κ1) is 19.7. The fourth-order valence-corrected chi connectivity index (χ4v) is 4.38. The summed E-state index contributed by atoms with van der Waals surface area (Å²) in [6, 6.07) is 20.6. The number of halogens is 1. The predicted octanol–water partition coefficient (Wildman–Crippen LogP) is 6.49. The molecule has 3 aromatic carbocycles. The molecule has 0 aliphatic heterocycles. The minimum absolute atomic E-state index is 0.213. The second-order valence-electron chi connectivity index (χ2n) is 6.73. The number of amides is 1. The van der Waals surface area contributed by atoms with Crippen LogP contribution in [0.5, 0.6) is 0 Å². The lowest BCUT2D eigenvalue weighted by Gasteiger charge is -2.08. The number of rotatable bonds is 3. The van der Waals surface area contributed by atoms with E-state index >= 15 is 0 Å². The molecule has 0 saturated carbocycles. The van der Waals surface area contributed by atoms with Gasteiger partial charge in [0.25, 0.3) is 5.91 Å². The minimum Gasteiger partial charge on any atom is -0.436 e. The third-order valence-corrected chi connectivity index (χ3v) is 6.12. The van der Waals surface area contributed by atoms with Gasteiger partial charge in [0.2, 0.25) is 5.89 Å². The first-order valence-electron chi connectivity index (χ1n) is 9.32. The number of thiophene rings is 1. The molecule has 0 spiro atoms. The van der Waals surface area contributed by atoms with Gasteiger partial charge in [0.15, 0.2) is 10.7 Å². The molecular formula is C23H14ClN3O2S2. The number of hydrogen-bond acceptors (Lipinski definition) is 5. The molecule has 0 aliphatic carbocycles. The van der Waals surface area contributed by atoms with Crippen LogP contribution in [0.2, 0.25) is 5.02 Å². The maximum absolute atomic E-state index is 12.1. The van der Waals surface area contributed by atoms with E-state index in [0.29, 0.717) is 32.6 Å². The van der Waals surface area contributed by atoms with Crippen molar-refractivity contribution in [3.05, 3.63) is 82.0 Å². The average Bonchev–Trinajstić information content (AvgIpc) is 3.43. The minimum atomic E-state index is -0.244. The smallest absolute Gasteiger partial charge is 0.267 e. The van der Waals surface area contributed by atoms with Gasteiger partial charge >= 0.3 is 0 Å². The summed E-state index contributed by atoms with van der Waals surface area (Å²) in [6.07, 6.45) is 0. The Hall–Kier alpha value is -3.26. The lowest BCUT2D eigenvalue weighted by molar-refractivity contribution is 0.0981. The lowest BCUT2D eigenvalue weighted by atomic mass is 10.0. The summed E-state index contributed by atoms with van der Waals surface area (Å²) in [5.74, 6) is 0.264. The van der Waals surface area contributed by atoms with E-state index in [0.717, 1.165) is 16.3 Å². The van der Waals surface area contributed by atoms with Gasteiger partial charge in [-0.2, -0.15) is 0 Å². The van der Waals surface area contributed by atoms with Crippen LogP contribution in [0.1, 0.15) is 9.67 Å². The molecule has 2 aromatic heterocycles. The molecule has 0 unspecified atom stereocenters. The highest BCUT2D eigenvalue weighted by Gasteiger charge is 2.14. The van der Waals surface area contributed by atoms with Crippen molar-refractivity contribution in [3.63, 3.8) is 0 Å². The first-order valence-corrected chi connectivity index (χ1v) is 11.0. The van der Waals surface area contributed by atoms with Gasteiger partial charge in [-0.3, -0.25) is 10.1 Å². The number of hydrogen-bond donors (Lipinski definition) is 2. The van der Waals surface area contributed by atoms with Crippen LogP contribution in [-0.4, -0.2) is 16.0 Å². The molecule has 0 atom stereocenters. The van der Waals surface area contributed by atoms with Gasteiger partial charge in [0.05, 0.1) is 4.88 Å². The number of benzene rings is 3. The normalized spacial score (nSPS) is 11.0. The van der Waals surface area contributed by atoms with Crippen LogP contribution in [0.25, 0.3) is 33.3 Å². The number of carbonyl (C=O) groups excluding carboxylic acids is 1. The van der Waals surface area contributed by atoms with Crippen molar-refractivity contribution in [2.24, 2.45) is 0 Å². The zero-order chi connectivity index (χ0) is 21.4. The number of nitrogens with one attached hydrogen (secondary N) is 2. The van der Waals surface area contributed by atoms with E-state index in [-0.39, 0.29) is 11.0 Å². The largest absolute Gasteiger partial charge is 0.436 e. The molecular weight excluding hydrogens is 450 g/mol. The predicted molar refractivity (Wildman–Crippen MR) is 130 cm³/mol. The van der Waals surface area contributed by atoms with Crippen LogP contribution < -0.4 is 10.6 Å². The summed E-state index contributed by atoms with van der Waals surface area (Å²) in [6.45, 7) is 0. The highest BCUT2D eigenvalue weighted by atomic mass is 35.5. The number of carbonyl (C=O) groups is 1. The molecule has 152 valence electrons. The SMILES string of the molecule is O=C(NC(=S)Nc1ccc2oc(-c3cccc4c(Cl)cccc34)nc2c1)c1cccs1. The molecule has 2 N–H and O–H groups in total. The molecule has 8 heteroatoms. The third kappa shape index (κ3) is 3.90. The number of fused-ring (bicyclic) bond motifs is 2. The fourth-order valence-electron chi connectivity index (χ4n) is 3.31. The van der Waals surface area contributed by atoms with Crippen LogP contribution in [0.3, 0.4) is 0 Å². The monoisotopic (exact) mass is 463 g/mol. The van der Waals surface area contributed by atoms with E-state index in [4.69, 9.17) is 28.2 Å². The fraction of sp³-hybridized carbons (Fsp3) is 0. The Labute approximate surface area is 191 Å². The maximum atomic E-state index is 12.1. The zero-order valence-corrected chi connectivity index (χ0v) is 18.3. The Bertz CT molecular complexity index is 1440. The third-order valence-electron chi connectivity index (χ3n) is 4.72. The summed E-state index contributed by atoms with van der Waals surface area (Å²) in [7, 11) is 0. The molecule has 0 aliphatic rings. The van der Waals surface area contributed by atoms with E-state index in [1.165, 1.54) is 11.3 Å². The summed E-state index contributed by atoms with van der Waals surface area (Å²) >= 11 is 12.9. The van der Waals surface area contributed by atoms with Crippen LogP contribution in [-0.2, 0) is 0 Å². The van der Waals surface area contributed by atoms with Gasteiger partial charge < -0.3 is 9.73 Å². The van der Waals surface area contributed by atoms with Crippen molar-refractivity contribution in [1.82, 2.24) is 10.3 Å². The van der Waals surface area contributed by atoms with Gasteiger partial charge in [-0.15, -0.1) is 11.3 Å². The summed E-state index contributed by atoms with van der Waals surface area (Å²) in [4.78, 5) is 17.4. The number of oxazole rings is 1. The molecule has 0 saturated heterocycles. The molecule has 5 aromatic rings. The maximum Gasteiger partial charge on any atom is 0.267 e. The van der Waals surface area contributed by atoms with E-state index in [1.807, 2.05) is 66.0 Å². The molecule has 0 fully saturated rings. The van der Waals surface area contributed by atoms with Crippen LogP contribution >= 0.6 is 35.2 Å². The second kappa shape index (κ2) is 8.11. The number of aromatic nitrogens is 1. The molecule has 0 bridgehead atoms. The molecule has 0 radical (unpaired) electrons. The van der Waals surface area contributed by atoms with E-state index < -0.39 is 0 Å². The molecule has 2 heterocycles. The molecule has 5 rings (SSSR count). The highest BCUT2D eigenvalue weighted by Crippen LogP contribution is 2.33. The number of anilines is 1. The number of thiocarbonyl (C=S) groups is 1. The Morgan fingerprint density at radius 1 is 1.03 bits per heavy atom. The Morgan fingerprint density at radius 2 is 1.87 bits per heavy atom. The van der Waals surface area contributed by atoms with Crippen molar-refractivity contribution < 1.29 is 9.21 Å². The van der Waals surface area contributed by atoms with Gasteiger partial charge in [-0.05, 0) is 59.4 Å². The van der Waals surface area contributed by atoms with Crippen LogP contribution in [0.4, 0.5) is 5.69 Å². The van der Waals surface area contributed by atoms with E-state index in [1.54, 1.807) is 6.07 Å². The highest BCUT2D eigenvalue weighted by molar-refractivity contribution is 7.80.